The van der Waals surface area contributed by atoms with Crippen LogP contribution in [0.4, 0.5) is 0 Å². The molecule has 1 atom stereocenters. The van der Waals surface area contributed by atoms with E-state index in [1.54, 1.807) is 30.3 Å². The molecule has 1 aliphatic heterocycles. The number of aliphatic imine (C=N–C) groups is 1. The van der Waals surface area contributed by atoms with Crippen LogP contribution in [0.5, 0.6) is 0 Å². The van der Waals surface area contributed by atoms with Crippen molar-refractivity contribution in [1.82, 2.24) is 10.2 Å². The zero-order valence-electron chi connectivity index (χ0n) is 26.5. The number of rotatable bonds is 12. The number of carboxylic acid groups (broad SMARTS) is 1. The van der Waals surface area contributed by atoms with Crippen molar-refractivity contribution in [3.05, 3.63) is 69.2 Å². The third kappa shape index (κ3) is 8.48. The minimum Gasteiger partial charge on any atom is -0.481 e. The number of hydrogen-bond acceptors (Lipinski definition) is 4. The van der Waals surface area contributed by atoms with Crippen molar-refractivity contribution >= 4 is 46.7 Å². The van der Waals surface area contributed by atoms with Crippen LogP contribution in [-0.2, 0) is 9.59 Å². The molecule has 0 unspecified atom stereocenters. The van der Waals surface area contributed by atoms with Crippen LogP contribution in [0.2, 0.25) is 10.0 Å². The summed E-state index contributed by atoms with van der Waals surface area (Å²) in [6.45, 7) is 11.3. The first kappa shape index (κ1) is 36.6. The first-order valence-corrected chi connectivity index (χ1v) is 16.5. The quantitative estimate of drug-likeness (QED) is 0.238. The third-order valence-corrected chi connectivity index (χ3v) is 10.1. The van der Waals surface area contributed by atoms with E-state index in [2.05, 4.69) is 39.9 Å². The van der Waals surface area contributed by atoms with Crippen molar-refractivity contribution in [2.75, 3.05) is 6.54 Å². The number of carboxylic acids is 1. The minimum absolute atomic E-state index is 0. The maximum atomic E-state index is 14.5. The number of nitrogens with zero attached hydrogens (tertiary/aromatic N) is 2. The van der Waals surface area contributed by atoms with Crippen LogP contribution >= 0.6 is 23.2 Å². The molecule has 2 N–H and O–H groups in total. The van der Waals surface area contributed by atoms with Gasteiger partial charge >= 0.3 is 5.97 Å². The van der Waals surface area contributed by atoms with E-state index in [1.807, 2.05) is 17.0 Å². The molecule has 2 aliphatic rings. The Labute approximate surface area is 278 Å². The van der Waals surface area contributed by atoms with Crippen LogP contribution in [-0.4, -0.2) is 45.7 Å². The van der Waals surface area contributed by atoms with Crippen LogP contribution < -0.4 is 5.32 Å². The first-order valence-electron chi connectivity index (χ1n) is 15.8. The Bertz CT molecular complexity index is 1380. The van der Waals surface area contributed by atoms with Crippen LogP contribution in [0, 0.1) is 17.3 Å². The van der Waals surface area contributed by atoms with Gasteiger partial charge in [-0.25, -0.2) is 0 Å². The van der Waals surface area contributed by atoms with Gasteiger partial charge in [-0.05, 0) is 91.7 Å². The summed E-state index contributed by atoms with van der Waals surface area (Å²) < 4.78 is 0. The van der Waals surface area contributed by atoms with Gasteiger partial charge in [-0.15, -0.1) is 0 Å². The second-order valence-electron chi connectivity index (χ2n) is 13.4. The van der Waals surface area contributed by atoms with E-state index in [0.29, 0.717) is 38.7 Å². The Morgan fingerprint density at radius 3 is 2.20 bits per heavy atom. The van der Waals surface area contributed by atoms with Crippen LogP contribution in [0.3, 0.4) is 0 Å². The Kier molecular flexibility index (Phi) is 12.3. The van der Waals surface area contributed by atoms with Crippen molar-refractivity contribution in [1.29, 1.82) is 0 Å². The lowest BCUT2D eigenvalue weighted by atomic mass is 9.67. The highest BCUT2D eigenvalue weighted by Crippen LogP contribution is 2.51. The molecule has 45 heavy (non-hydrogen) atoms. The highest BCUT2D eigenvalue weighted by Gasteiger charge is 2.53. The van der Waals surface area contributed by atoms with Gasteiger partial charge in [0, 0.05) is 27.7 Å². The minimum atomic E-state index is -0.966. The molecule has 2 amide bonds. The summed E-state index contributed by atoms with van der Waals surface area (Å²) in [6.07, 6.45) is 6.10. The number of halogens is 2. The molecule has 1 heterocycles. The number of aliphatic carboxylic acids is 1. The van der Waals surface area contributed by atoms with Crippen LogP contribution in [0.1, 0.15) is 121 Å². The van der Waals surface area contributed by atoms with Gasteiger partial charge in [0.05, 0.1) is 12.5 Å². The molecule has 2 aromatic carbocycles. The molecular formula is C36H49Cl2N3O4. The average Bonchev–Trinajstić information content (AvgIpc) is 3.24. The number of nitrogens with one attached hydrogen (secondary N) is 1. The monoisotopic (exact) mass is 657 g/mol. The van der Waals surface area contributed by atoms with E-state index in [9.17, 15) is 14.4 Å². The van der Waals surface area contributed by atoms with Gasteiger partial charge in [-0.1, -0.05) is 83.8 Å². The van der Waals surface area contributed by atoms with Gasteiger partial charge in [0.15, 0.2) is 0 Å². The Morgan fingerprint density at radius 1 is 1.07 bits per heavy atom. The fourth-order valence-corrected chi connectivity index (χ4v) is 7.13. The second-order valence-corrected chi connectivity index (χ2v) is 14.3. The smallest absolute Gasteiger partial charge is 0.305 e. The largest absolute Gasteiger partial charge is 0.481 e. The molecule has 7 nitrogen and oxygen atoms in total. The Hall–Kier alpha value is -2.90. The van der Waals surface area contributed by atoms with E-state index in [4.69, 9.17) is 33.3 Å². The molecular weight excluding hydrogens is 609 g/mol. The van der Waals surface area contributed by atoms with Crippen molar-refractivity contribution in [3.8, 4) is 0 Å². The van der Waals surface area contributed by atoms with E-state index in [-0.39, 0.29) is 43.7 Å². The lowest BCUT2D eigenvalue weighted by Gasteiger charge is -2.48. The van der Waals surface area contributed by atoms with Crippen LogP contribution in [0.15, 0.2) is 47.5 Å². The maximum absolute atomic E-state index is 14.5. The summed E-state index contributed by atoms with van der Waals surface area (Å²) in [7, 11) is 0. The molecule has 1 fully saturated rings. The summed E-state index contributed by atoms with van der Waals surface area (Å²) in [5.41, 5.74) is 1.93. The summed E-state index contributed by atoms with van der Waals surface area (Å²) in [6, 6.07) is 12.3. The molecule has 1 aliphatic carbocycles. The molecule has 1 saturated carbocycles. The third-order valence-electron chi connectivity index (χ3n) is 9.64. The standard InChI is InChI=1S/C35H45Cl2N3O4.CH4/c1-6-34(4,5)26-13-16-35(17-14-26)39-31(25-19-27(36)21-28(37)20-25)33(44)40(35)29(12-7-22(2)3)23-8-10-24(11-9-23)32(43)38-18-15-30(41)42;/h8-11,19-22,26,29H,6-7,12-18H2,1-5H3,(H,38,43)(H,41,42);1H4/t26?,29-,35?;/m1./s1. The van der Waals surface area contributed by atoms with Gasteiger partial charge in [-0.3, -0.25) is 19.4 Å². The molecule has 2 aromatic rings. The number of carbonyl (C=O) groups is 3. The zero-order valence-corrected chi connectivity index (χ0v) is 28.0. The number of amides is 2. The summed E-state index contributed by atoms with van der Waals surface area (Å²) in [4.78, 5) is 45.3. The van der Waals surface area contributed by atoms with Gasteiger partial charge in [0.25, 0.3) is 11.8 Å². The summed E-state index contributed by atoms with van der Waals surface area (Å²) in [5.74, 6) is -0.445. The van der Waals surface area contributed by atoms with Crippen molar-refractivity contribution in [2.24, 2.45) is 22.2 Å². The van der Waals surface area contributed by atoms with Crippen molar-refractivity contribution < 1.29 is 19.5 Å². The van der Waals surface area contributed by atoms with Crippen molar-refractivity contribution in [3.63, 3.8) is 0 Å². The fourth-order valence-electron chi connectivity index (χ4n) is 6.60. The zero-order chi connectivity index (χ0) is 32.2. The topological polar surface area (TPSA) is 99.1 Å². The van der Waals surface area contributed by atoms with Gasteiger partial charge in [0.1, 0.15) is 11.4 Å². The fraction of sp³-hybridized carbons (Fsp3) is 0.556. The molecule has 0 aromatic heterocycles. The predicted octanol–water partition coefficient (Wildman–Crippen LogP) is 8.97. The summed E-state index contributed by atoms with van der Waals surface area (Å²) in [5, 5.41) is 12.5. The van der Waals surface area contributed by atoms with Gasteiger partial charge in [0.2, 0.25) is 0 Å². The predicted molar refractivity (Wildman–Crippen MR) is 183 cm³/mol. The van der Waals surface area contributed by atoms with E-state index in [0.717, 1.165) is 50.5 Å². The van der Waals surface area contributed by atoms with E-state index in [1.165, 1.54) is 0 Å². The van der Waals surface area contributed by atoms with Gasteiger partial charge in [-0.2, -0.15) is 0 Å². The van der Waals surface area contributed by atoms with Crippen molar-refractivity contribution in [2.45, 2.75) is 105 Å². The van der Waals surface area contributed by atoms with Gasteiger partial charge < -0.3 is 15.3 Å². The first-order chi connectivity index (χ1) is 20.8. The van der Waals surface area contributed by atoms with E-state index >= 15 is 0 Å². The van der Waals surface area contributed by atoms with E-state index < -0.39 is 11.6 Å². The molecule has 9 heteroatoms. The molecule has 1 spiro atoms. The van der Waals surface area contributed by atoms with Crippen LogP contribution in [0.25, 0.3) is 0 Å². The maximum Gasteiger partial charge on any atom is 0.305 e. The lowest BCUT2D eigenvalue weighted by molar-refractivity contribution is -0.137. The molecule has 0 saturated heterocycles. The highest BCUT2D eigenvalue weighted by molar-refractivity contribution is 6.47. The molecule has 0 bridgehead atoms. The lowest BCUT2D eigenvalue weighted by Crippen LogP contribution is -2.51. The number of hydrogen-bond donors (Lipinski definition) is 2. The average molecular weight is 659 g/mol. The molecule has 0 radical (unpaired) electrons. The molecule has 4 rings (SSSR count). The number of carbonyl (C=O) groups excluding carboxylic acids is 2. The molecule has 246 valence electrons. The summed E-state index contributed by atoms with van der Waals surface area (Å²) >= 11 is 12.8. The highest BCUT2D eigenvalue weighted by atomic mass is 35.5. The Balaban J connectivity index is 0.00000552. The Morgan fingerprint density at radius 2 is 1.67 bits per heavy atom. The SMILES string of the molecule is C.CCC(C)(C)C1CCC2(CC1)N=C(c1cc(Cl)cc(Cl)c1)C(=O)N2[C@H](CCC(C)C)c1ccc(C(=O)NCCC(=O)O)cc1. The number of benzene rings is 2. The second kappa shape index (κ2) is 15.1. The normalized spacial score (nSPS) is 20.6.